The SMILES string of the molecule is C[C@H](NC(N)=O)[C@@H](N)C(=O)O. The standard InChI is InChI=1S/C5H11N3O3/c1-2(8-5(7)11)3(6)4(9)10/h2-3H,6H2,1H3,(H,9,10)(H3,7,8,11)/t2-,3+/m0/s1. The Kier molecular flexibility index (Phi) is 3.32. The van der Waals surface area contributed by atoms with Crippen molar-refractivity contribution >= 4 is 12.0 Å². The van der Waals surface area contributed by atoms with Gasteiger partial charge in [-0.25, -0.2) is 4.79 Å². The van der Waals surface area contributed by atoms with Gasteiger partial charge in [0.05, 0.1) is 6.04 Å². The van der Waals surface area contributed by atoms with Crippen molar-refractivity contribution in [1.82, 2.24) is 5.32 Å². The minimum absolute atomic E-state index is 0.662. The van der Waals surface area contributed by atoms with Crippen LogP contribution in [0.15, 0.2) is 0 Å². The predicted molar refractivity (Wildman–Crippen MR) is 37.8 cm³/mol. The van der Waals surface area contributed by atoms with Crippen LogP contribution >= 0.6 is 0 Å². The van der Waals surface area contributed by atoms with Crippen LogP contribution in [0.5, 0.6) is 0 Å². The van der Waals surface area contributed by atoms with Gasteiger partial charge in [-0.05, 0) is 6.92 Å². The molecule has 0 fully saturated rings. The Morgan fingerprint density at radius 3 is 2.27 bits per heavy atom. The fraction of sp³-hybridized carbons (Fsp3) is 0.600. The second kappa shape index (κ2) is 3.77. The number of nitrogens with two attached hydrogens (primary N) is 2. The molecule has 0 rings (SSSR count). The van der Waals surface area contributed by atoms with Gasteiger partial charge >= 0.3 is 12.0 Å². The van der Waals surface area contributed by atoms with Crippen LogP contribution in [-0.2, 0) is 4.79 Å². The lowest BCUT2D eigenvalue weighted by molar-refractivity contribution is -0.139. The molecule has 11 heavy (non-hydrogen) atoms. The van der Waals surface area contributed by atoms with Crippen molar-refractivity contribution in [3.63, 3.8) is 0 Å². The molecule has 6 heteroatoms. The van der Waals surface area contributed by atoms with Crippen LogP contribution in [0.25, 0.3) is 0 Å². The predicted octanol–water partition coefficient (Wildman–Crippen LogP) is -1.54. The highest BCUT2D eigenvalue weighted by atomic mass is 16.4. The number of urea groups is 1. The average molecular weight is 161 g/mol. The normalized spacial score (nSPS) is 15.1. The molecule has 0 saturated heterocycles. The fourth-order valence-corrected chi connectivity index (χ4v) is 0.528. The Bertz CT molecular complexity index is 170. The molecule has 64 valence electrons. The molecule has 0 aliphatic heterocycles. The number of hydrogen-bond acceptors (Lipinski definition) is 3. The molecule has 0 saturated carbocycles. The molecule has 2 amide bonds. The molecule has 6 nitrogen and oxygen atoms in total. The number of carboxylic acids is 1. The van der Waals surface area contributed by atoms with E-state index in [2.05, 4.69) is 5.32 Å². The molecule has 0 bridgehead atoms. The van der Waals surface area contributed by atoms with E-state index in [1.165, 1.54) is 6.92 Å². The van der Waals surface area contributed by atoms with Gasteiger partial charge in [-0.3, -0.25) is 4.79 Å². The molecule has 0 aliphatic carbocycles. The molecular weight excluding hydrogens is 150 g/mol. The average Bonchev–Trinajstić information content (AvgIpc) is 1.84. The molecule has 2 atom stereocenters. The number of primary amides is 1. The third-order valence-electron chi connectivity index (χ3n) is 1.19. The molecule has 0 aliphatic rings. The first kappa shape index (κ1) is 9.70. The molecular formula is C5H11N3O3. The largest absolute Gasteiger partial charge is 0.480 e. The van der Waals surface area contributed by atoms with Crippen molar-refractivity contribution < 1.29 is 14.7 Å². The number of amides is 2. The molecule has 6 N–H and O–H groups in total. The number of carbonyl (C=O) groups excluding carboxylic acids is 1. The maximum absolute atomic E-state index is 10.2. The fourth-order valence-electron chi connectivity index (χ4n) is 0.528. The molecule has 0 aromatic carbocycles. The van der Waals surface area contributed by atoms with Crippen LogP contribution in [-0.4, -0.2) is 29.2 Å². The van der Waals surface area contributed by atoms with Crippen molar-refractivity contribution in [2.45, 2.75) is 19.0 Å². The minimum atomic E-state index is -1.17. The van der Waals surface area contributed by atoms with Gasteiger partial charge in [-0.15, -0.1) is 0 Å². The lowest BCUT2D eigenvalue weighted by atomic mass is 10.1. The third-order valence-corrected chi connectivity index (χ3v) is 1.19. The molecule has 0 aromatic rings. The van der Waals surface area contributed by atoms with Crippen LogP contribution in [0, 0.1) is 0 Å². The zero-order chi connectivity index (χ0) is 9.02. The summed E-state index contributed by atoms with van der Waals surface area (Å²) >= 11 is 0. The summed E-state index contributed by atoms with van der Waals surface area (Å²) in [5.41, 5.74) is 9.87. The summed E-state index contributed by atoms with van der Waals surface area (Å²) in [4.78, 5) is 20.4. The van der Waals surface area contributed by atoms with Crippen LogP contribution in [0.2, 0.25) is 0 Å². The van der Waals surface area contributed by atoms with E-state index in [0.29, 0.717) is 0 Å². The summed E-state index contributed by atoms with van der Waals surface area (Å²) in [6, 6.07) is -2.57. The third kappa shape index (κ3) is 3.41. The van der Waals surface area contributed by atoms with Gasteiger partial charge in [0.15, 0.2) is 0 Å². The molecule has 0 spiro atoms. The highest BCUT2D eigenvalue weighted by Crippen LogP contribution is 1.88. The van der Waals surface area contributed by atoms with Crippen molar-refractivity contribution in [3.05, 3.63) is 0 Å². The summed E-state index contributed by atoms with van der Waals surface area (Å²) in [5, 5.41) is 10.5. The first-order valence-electron chi connectivity index (χ1n) is 2.99. The zero-order valence-corrected chi connectivity index (χ0v) is 6.07. The first-order chi connectivity index (χ1) is 4.95. The van der Waals surface area contributed by atoms with Gasteiger partial charge in [0.25, 0.3) is 0 Å². The van der Waals surface area contributed by atoms with Gasteiger partial charge in [-0.2, -0.15) is 0 Å². The number of nitrogens with one attached hydrogen (secondary N) is 1. The maximum Gasteiger partial charge on any atom is 0.322 e. The Labute approximate surface area is 63.5 Å². The number of hydrogen-bond donors (Lipinski definition) is 4. The van der Waals surface area contributed by atoms with E-state index in [4.69, 9.17) is 16.6 Å². The number of rotatable bonds is 3. The maximum atomic E-state index is 10.2. The van der Waals surface area contributed by atoms with Crippen molar-refractivity contribution in [1.29, 1.82) is 0 Å². The van der Waals surface area contributed by atoms with Gasteiger partial charge in [-0.1, -0.05) is 0 Å². The van der Waals surface area contributed by atoms with Crippen LogP contribution in [0.4, 0.5) is 4.79 Å². The van der Waals surface area contributed by atoms with E-state index in [1.807, 2.05) is 0 Å². The number of aliphatic carboxylic acids is 1. The smallest absolute Gasteiger partial charge is 0.322 e. The quantitative estimate of drug-likeness (QED) is 0.401. The molecule has 0 unspecified atom stereocenters. The van der Waals surface area contributed by atoms with E-state index < -0.39 is 24.1 Å². The summed E-state index contributed by atoms with van der Waals surface area (Å²) in [5.74, 6) is -1.17. The topological polar surface area (TPSA) is 118 Å². The van der Waals surface area contributed by atoms with E-state index in [1.54, 1.807) is 0 Å². The monoisotopic (exact) mass is 161 g/mol. The lowest BCUT2D eigenvalue weighted by Crippen LogP contribution is -2.51. The second-order valence-corrected chi connectivity index (χ2v) is 2.16. The van der Waals surface area contributed by atoms with E-state index in [9.17, 15) is 9.59 Å². The Morgan fingerprint density at radius 2 is 2.00 bits per heavy atom. The number of carbonyl (C=O) groups is 2. The summed E-state index contributed by atoms with van der Waals surface area (Å²) in [6.45, 7) is 1.46. The van der Waals surface area contributed by atoms with Crippen molar-refractivity contribution in [2.75, 3.05) is 0 Å². The Hall–Kier alpha value is -1.30. The van der Waals surface area contributed by atoms with E-state index in [-0.39, 0.29) is 0 Å². The first-order valence-corrected chi connectivity index (χ1v) is 2.99. The van der Waals surface area contributed by atoms with Gasteiger partial charge in [0, 0.05) is 0 Å². The van der Waals surface area contributed by atoms with Crippen molar-refractivity contribution in [3.8, 4) is 0 Å². The molecule has 0 radical (unpaired) electrons. The van der Waals surface area contributed by atoms with E-state index >= 15 is 0 Å². The minimum Gasteiger partial charge on any atom is -0.480 e. The zero-order valence-electron chi connectivity index (χ0n) is 6.07. The highest BCUT2D eigenvalue weighted by Gasteiger charge is 2.20. The highest BCUT2D eigenvalue weighted by molar-refractivity contribution is 5.77. The van der Waals surface area contributed by atoms with Gasteiger partial charge < -0.3 is 21.9 Å². The second-order valence-electron chi connectivity index (χ2n) is 2.16. The van der Waals surface area contributed by atoms with Crippen LogP contribution < -0.4 is 16.8 Å². The van der Waals surface area contributed by atoms with Crippen LogP contribution in [0.3, 0.4) is 0 Å². The molecule has 0 heterocycles. The van der Waals surface area contributed by atoms with Crippen LogP contribution in [0.1, 0.15) is 6.92 Å². The summed E-state index contributed by atoms with van der Waals surface area (Å²) in [6.07, 6.45) is 0. The lowest BCUT2D eigenvalue weighted by Gasteiger charge is -2.15. The Morgan fingerprint density at radius 1 is 1.55 bits per heavy atom. The Balaban J connectivity index is 3.92. The molecule has 0 aromatic heterocycles. The number of carboxylic acid groups (broad SMARTS) is 1. The van der Waals surface area contributed by atoms with Crippen molar-refractivity contribution in [2.24, 2.45) is 11.5 Å². The van der Waals surface area contributed by atoms with Gasteiger partial charge in [0.1, 0.15) is 6.04 Å². The summed E-state index contributed by atoms with van der Waals surface area (Å²) < 4.78 is 0. The summed E-state index contributed by atoms with van der Waals surface area (Å²) in [7, 11) is 0. The van der Waals surface area contributed by atoms with E-state index in [0.717, 1.165) is 0 Å². The van der Waals surface area contributed by atoms with Gasteiger partial charge in [0.2, 0.25) is 0 Å².